The van der Waals surface area contributed by atoms with Crippen molar-refractivity contribution in [1.82, 2.24) is 0 Å². The van der Waals surface area contributed by atoms with Gasteiger partial charge in [-0.3, -0.25) is 4.79 Å². The number of rotatable bonds is 4. The highest BCUT2D eigenvalue weighted by Crippen LogP contribution is 2.34. The van der Waals surface area contributed by atoms with Gasteiger partial charge < -0.3 is 10.1 Å². The van der Waals surface area contributed by atoms with Crippen LogP contribution >= 0.6 is 11.6 Å². The van der Waals surface area contributed by atoms with E-state index < -0.39 is 0 Å². The van der Waals surface area contributed by atoms with Gasteiger partial charge in [0.25, 0.3) is 0 Å². The van der Waals surface area contributed by atoms with Gasteiger partial charge in [-0.15, -0.1) is 0 Å². The molecule has 1 aliphatic rings. The number of amides is 1. The number of fused-ring (bicyclic) bond motifs is 1. The Hall–Kier alpha value is -2.00. The van der Waals surface area contributed by atoms with Gasteiger partial charge in [0.15, 0.2) is 0 Å². The van der Waals surface area contributed by atoms with Gasteiger partial charge in [-0.1, -0.05) is 57.5 Å². The number of halogens is 1. The predicted molar refractivity (Wildman–Crippen MR) is 107 cm³/mol. The lowest BCUT2D eigenvalue weighted by molar-refractivity contribution is -0.121. The van der Waals surface area contributed by atoms with E-state index in [4.69, 9.17) is 16.3 Å². The van der Waals surface area contributed by atoms with E-state index in [2.05, 4.69) is 51.2 Å². The summed E-state index contributed by atoms with van der Waals surface area (Å²) in [6.07, 6.45) is 0.641. The number of hydrogen-bond donors (Lipinski definition) is 1. The lowest BCUT2D eigenvalue weighted by Crippen LogP contribution is -2.33. The summed E-state index contributed by atoms with van der Waals surface area (Å²) in [7, 11) is 0. The van der Waals surface area contributed by atoms with Crippen LogP contribution in [0, 0.1) is 5.92 Å². The van der Waals surface area contributed by atoms with Crippen LogP contribution in [0.1, 0.15) is 56.2 Å². The summed E-state index contributed by atoms with van der Waals surface area (Å²) < 4.78 is 5.79. The van der Waals surface area contributed by atoms with E-state index in [1.165, 1.54) is 11.1 Å². The summed E-state index contributed by atoms with van der Waals surface area (Å²) >= 11 is 6.09. The highest BCUT2D eigenvalue weighted by molar-refractivity contribution is 6.30. The summed E-state index contributed by atoms with van der Waals surface area (Å²) in [5, 5.41) is 3.87. The molecule has 0 saturated carbocycles. The van der Waals surface area contributed by atoms with Crippen LogP contribution in [-0.2, 0) is 11.2 Å². The first-order chi connectivity index (χ1) is 12.4. The van der Waals surface area contributed by atoms with E-state index in [9.17, 15) is 4.79 Å². The van der Waals surface area contributed by atoms with E-state index in [0.29, 0.717) is 29.9 Å². The minimum absolute atomic E-state index is 0.00521. The van der Waals surface area contributed by atoms with Gasteiger partial charge in [0.2, 0.25) is 5.91 Å². The number of hydrogen-bond acceptors (Lipinski definition) is 2. The molecule has 0 radical (unpaired) electrons. The first-order valence-corrected chi connectivity index (χ1v) is 9.59. The summed E-state index contributed by atoms with van der Waals surface area (Å²) in [6, 6.07) is 11.8. The molecule has 0 saturated heterocycles. The fourth-order valence-electron chi connectivity index (χ4n) is 3.45. The number of para-hydroxylation sites is 1. The Morgan fingerprint density at radius 3 is 2.38 bits per heavy atom. The molecule has 138 valence electrons. The Balaban J connectivity index is 1.85. The summed E-state index contributed by atoms with van der Waals surface area (Å²) in [5.41, 5.74) is 4.29. The fraction of sp³-hybridized carbons (Fsp3) is 0.409. The second-order valence-corrected chi connectivity index (χ2v) is 8.01. The van der Waals surface area contributed by atoms with Crippen LogP contribution in [0.15, 0.2) is 36.4 Å². The molecule has 0 fully saturated rings. The SMILES string of the molecule is CC(C)c1cccc(C(C)C)c1NC(=O)C1COc2ccc(Cl)cc2C1. The van der Waals surface area contributed by atoms with Crippen LogP contribution in [0.2, 0.25) is 5.02 Å². The molecule has 0 spiro atoms. The normalized spacial score (nSPS) is 16.3. The molecule has 4 heteroatoms. The zero-order valence-corrected chi connectivity index (χ0v) is 16.6. The number of nitrogens with one attached hydrogen (secondary N) is 1. The van der Waals surface area contributed by atoms with Crippen molar-refractivity contribution in [3.8, 4) is 5.75 Å². The highest BCUT2D eigenvalue weighted by Gasteiger charge is 2.27. The maximum atomic E-state index is 13.0. The second-order valence-electron chi connectivity index (χ2n) is 7.57. The van der Waals surface area contributed by atoms with Gasteiger partial charge in [-0.25, -0.2) is 0 Å². The Kier molecular flexibility index (Phi) is 5.57. The number of ether oxygens (including phenoxy) is 1. The lowest BCUT2D eigenvalue weighted by Gasteiger charge is -2.26. The van der Waals surface area contributed by atoms with Crippen molar-refractivity contribution in [1.29, 1.82) is 0 Å². The minimum Gasteiger partial charge on any atom is -0.492 e. The summed E-state index contributed by atoms with van der Waals surface area (Å²) in [5.74, 6) is 1.29. The largest absolute Gasteiger partial charge is 0.492 e. The zero-order chi connectivity index (χ0) is 18.8. The molecule has 1 heterocycles. The Bertz CT molecular complexity index is 788. The third-order valence-electron chi connectivity index (χ3n) is 4.92. The van der Waals surface area contributed by atoms with Crippen molar-refractivity contribution in [2.24, 2.45) is 5.92 Å². The molecule has 3 rings (SSSR count). The maximum absolute atomic E-state index is 13.0. The van der Waals surface area contributed by atoms with Gasteiger partial charge in [0.05, 0.1) is 5.92 Å². The summed E-state index contributed by atoms with van der Waals surface area (Å²) in [4.78, 5) is 13.0. The van der Waals surface area contributed by atoms with Crippen LogP contribution in [0.25, 0.3) is 0 Å². The van der Waals surface area contributed by atoms with Crippen molar-refractivity contribution in [2.75, 3.05) is 11.9 Å². The fourth-order valence-corrected chi connectivity index (χ4v) is 3.65. The third kappa shape index (κ3) is 3.88. The first kappa shape index (κ1) is 18.8. The molecule has 1 amide bonds. The van der Waals surface area contributed by atoms with Crippen LogP contribution in [-0.4, -0.2) is 12.5 Å². The quantitative estimate of drug-likeness (QED) is 0.740. The molecule has 3 nitrogen and oxygen atoms in total. The molecular weight excluding hydrogens is 346 g/mol. The van der Waals surface area contributed by atoms with E-state index in [-0.39, 0.29) is 11.8 Å². The van der Waals surface area contributed by atoms with Gasteiger partial charge in [0.1, 0.15) is 12.4 Å². The molecular formula is C22H26ClNO2. The van der Waals surface area contributed by atoms with Crippen molar-refractivity contribution < 1.29 is 9.53 Å². The Morgan fingerprint density at radius 2 is 1.77 bits per heavy atom. The lowest BCUT2D eigenvalue weighted by atomic mass is 9.91. The minimum atomic E-state index is -0.221. The topological polar surface area (TPSA) is 38.3 Å². The predicted octanol–water partition coefficient (Wildman–Crippen LogP) is 5.78. The van der Waals surface area contributed by atoms with E-state index >= 15 is 0 Å². The molecule has 1 atom stereocenters. The van der Waals surface area contributed by atoms with Gasteiger partial charge >= 0.3 is 0 Å². The molecule has 2 aromatic carbocycles. The molecule has 0 aliphatic carbocycles. The smallest absolute Gasteiger partial charge is 0.231 e. The molecule has 1 unspecified atom stereocenters. The molecule has 2 aromatic rings. The Morgan fingerprint density at radius 1 is 1.12 bits per heavy atom. The molecule has 0 bridgehead atoms. The van der Waals surface area contributed by atoms with Crippen LogP contribution in [0.4, 0.5) is 5.69 Å². The average Bonchev–Trinajstić information content (AvgIpc) is 2.60. The van der Waals surface area contributed by atoms with Crippen molar-refractivity contribution in [3.63, 3.8) is 0 Å². The first-order valence-electron chi connectivity index (χ1n) is 9.21. The zero-order valence-electron chi connectivity index (χ0n) is 15.8. The number of anilines is 1. The molecule has 1 aliphatic heterocycles. The second kappa shape index (κ2) is 7.71. The van der Waals surface area contributed by atoms with Gasteiger partial charge in [-0.2, -0.15) is 0 Å². The number of benzene rings is 2. The van der Waals surface area contributed by atoms with E-state index in [0.717, 1.165) is 17.0 Å². The molecule has 0 aromatic heterocycles. The molecule has 1 N–H and O–H groups in total. The number of carbonyl (C=O) groups is 1. The molecule has 26 heavy (non-hydrogen) atoms. The van der Waals surface area contributed by atoms with E-state index in [1.54, 1.807) is 0 Å². The van der Waals surface area contributed by atoms with Crippen molar-refractivity contribution >= 4 is 23.2 Å². The van der Waals surface area contributed by atoms with Crippen molar-refractivity contribution in [2.45, 2.75) is 46.0 Å². The van der Waals surface area contributed by atoms with Crippen LogP contribution < -0.4 is 10.1 Å². The summed E-state index contributed by atoms with van der Waals surface area (Å²) in [6.45, 7) is 8.99. The highest BCUT2D eigenvalue weighted by atomic mass is 35.5. The maximum Gasteiger partial charge on any atom is 0.231 e. The average molecular weight is 372 g/mol. The van der Waals surface area contributed by atoms with Crippen molar-refractivity contribution in [3.05, 3.63) is 58.1 Å². The standard InChI is InChI=1S/C22H26ClNO2/c1-13(2)18-6-5-7-19(14(3)4)21(18)24-22(25)16-10-15-11-17(23)8-9-20(15)26-12-16/h5-9,11,13-14,16H,10,12H2,1-4H3,(H,24,25). The monoisotopic (exact) mass is 371 g/mol. The van der Waals surface area contributed by atoms with Crippen LogP contribution in [0.5, 0.6) is 5.75 Å². The van der Waals surface area contributed by atoms with Gasteiger partial charge in [-0.05, 0) is 53.1 Å². The Labute approximate surface area is 160 Å². The number of carbonyl (C=O) groups excluding carboxylic acids is 1. The van der Waals surface area contributed by atoms with Crippen LogP contribution in [0.3, 0.4) is 0 Å². The van der Waals surface area contributed by atoms with Gasteiger partial charge in [0, 0.05) is 10.7 Å². The van der Waals surface area contributed by atoms with E-state index in [1.807, 2.05) is 18.2 Å². The third-order valence-corrected chi connectivity index (χ3v) is 5.16.